The molecule has 0 bridgehead atoms. The molecule has 0 atom stereocenters. The van der Waals surface area contributed by atoms with Crippen LogP contribution >= 0.6 is 35.0 Å². The van der Waals surface area contributed by atoms with E-state index in [-0.39, 0.29) is 0 Å². The number of hydrogen-bond acceptors (Lipinski definition) is 4. The van der Waals surface area contributed by atoms with Crippen molar-refractivity contribution in [3.8, 4) is 0 Å². The minimum Gasteiger partial charge on any atom is -0.384 e. The van der Waals surface area contributed by atoms with Crippen molar-refractivity contribution in [2.24, 2.45) is 0 Å². The highest BCUT2D eigenvalue weighted by molar-refractivity contribution is 7.98. The largest absolute Gasteiger partial charge is 0.384 e. The lowest BCUT2D eigenvalue weighted by molar-refractivity contribution is 0.393. The Labute approximate surface area is 138 Å². The molecule has 1 aromatic carbocycles. The minimum absolute atomic E-state index is 0.707. The predicted molar refractivity (Wildman–Crippen MR) is 88.7 cm³/mol. The first kappa shape index (κ1) is 15.1. The van der Waals surface area contributed by atoms with Gasteiger partial charge in [-0.3, -0.25) is 0 Å². The Bertz CT molecular complexity index is 657. The van der Waals surface area contributed by atoms with Crippen molar-refractivity contribution >= 4 is 40.7 Å². The first-order chi connectivity index (χ1) is 10.1. The molecule has 0 fully saturated rings. The van der Waals surface area contributed by atoms with Crippen LogP contribution in [0.5, 0.6) is 0 Å². The molecule has 1 aliphatic heterocycles. The Morgan fingerprint density at radius 1 is 1.29 bits per heavy atom. The van der Waals surface area contributed by atoms with Crippen LogP contribution in [-0.2, 0) is 12.2 Å². The molecule has 0 unspecified atom stereocenters. The van der Waals surface area contributed by atoms with Gasteiger partial charge in [-0.25, -0.2) is 0 Å². The van der Waals surface area contributed by atoms with Crippen molar-refractivity contribution < 1.29 is 4.52 Å². The second kappa shape index (κ2) is 6.51. The van der Waals surface area contributed by atoms with Gasteiger partial charge in [-0.15, -0.1) is 11.8 Å². The quantitative estimate of drug-likeness (QED) is 0.765. The van der Waals surface area contributed by atoms with E-state index in [1.165, 1.54) is 5.56 Å². The van der Waals surface area contributed by atoms with Crippen molar-refractivity contribution in [3.05, 3.63) is 39.2 Å². The van der Waals surface area contributed by atoms with E-state index < -0.39 is 0 Å². The van der Waals surface area contributed by atoms with Gasteiger partial charge in [-0.1, -0.05) is 28.4 Å². The van der Waals surface area contributed by atoms with Crippen LogP contribution in [0.15, 0.2) is 21.6 Å². The highest BCUT2D eigenvalue weighted by Crippen LogP contribution is 2.42. The fourth-order valence-electron chi connectivity index (χ4n) is 2.51. The molecule has 1 N–H and O–H groups in total. The Morgan fingerprint density at radius 2 is 2.14 bits per heavy atom. The molecular formula is C15H16Cl2N2OS. The van der Waals surface area contributed by atoms with E-state index in [0.29, 0.717) is 10.0 Å². The van der Waals surface area contributed by atoms with Gasteiger partial charge >= 0.3 is 0 Å². The van der Waals surface area contributed by atoms with E-state index >= 15 is 0 Å². The highest BCUT2D eigenvalue weighted by atomic mass is 35.5. The number of anilines is 1. The zero-order valence-electron chi connectivity index (χ0n) is 11.7. The summed E-state index contributed by atoms with van der Waals surface area (Å²) in [5.41, 5.74) is 3.20. The normalized spacial score (nSPS) is 14.4. The molecule has 2 heterocycles. The van der Waals surface area contributed by atoms with Gasteiger partial charge in [0.05, 0.1) is 21.4 Å². The fourth-order valence-corrected chi connectivity index (χ4v) is 4.24. The highest BCUT2D eigenvalue weighted by Gasteiger charge is 2.19. The Morgan fingerprint density at radius 3 is 2.90 bits per heavy atom. The zero-order chi connectivity index (χ0) is 14.8. The maximum Gasteiger partial charge on any atom is 0.133 e. The summed E-state index contributed by atoms with van der Waals surface area (Å²) >= 11 is 14.4. The lowest BCUT2D eigenvalue weighted by atomic mass is 10.1. The number of rotatable bonds is 3. The molecule has 0 saturated heterocycles. The van der Waals surface area contributed by atoms with E-state index in [4.69, 9.17) is 27.7 Å². The number of aryl methyl sites for hydroxylation is 1. The third kappa shape index (κ3) is 3.33. The van der Waals surface area contributed by atoms with Crippen LogP contribution in [0, 0.1) is 6.92 Å². The Hall–Kier alpha value is -0.840. The van der Waals surface area contributed by atoms with E-state index in [1.54, 1.807) is 11.8 Å². The summed E-state index contributed by atoms with van der Waals surface area (Å²) in [6.07, 6.45) is 3.30. The summed E-state index contributed by atoms with van der Waals surface area (Å²) in [6.45, 7) is 2.85. The molecule has 112 valence electrons. The number of thioether (sulfide) groups is 1. The van der Waals surface area contributed by atoms with E-state index in [1.807, 2.05) is 19.1 Å². The third-order valence-corrected chi connectivity index (χ3v) is 5.38. The van der Waals surface area contributed by atoms with Crippen molar-refractivity contribution in [2.45, 2.75) is 36.8 Å². The second-order valence-corrected chi connectivity index (χ2v) is 6.92. The molecule has 3 nitrogen and oxygen atoms in total. The van der Waals surface area contributed by atoms with E-state index in [9.17, 15) is 0 Å². The maximum atomic E-state index is 6.41. The second-order valence-electron chi connectivity index (χ2n) is 5.12. The monoisotopic (exact) mass is 342 g/mol. The summed E-state index contributed by atoms with van der Waals surface area (Å²) in [4.78, 5) is 1.10. The average Bonchev–Trinajstić information content (AvgIpc) is 2.72. The van der Waals surface area contributed by atoms with Gasteiger partial charge in [0.2, 0.25) is 0 Å². The molecule has 0 amide bonds. The molecule has 0 aliphatic carbocycles. The number of fused-ring (bicyclic) bond motifs is 1. The van der Waals surface area contributed by atoms with Crippen LogP contribution in [0.2, 0.25) is 10.0 Å². The molecule has 6 heteroatoms. The van der Waals surface area contributed by atoms with Gasteiger partial charge < -0.3 is 9.84 Å². The molecule has 0 saturated carbocycles. The first-order valence-electron chi connectivity index (χ1n) is 6.95. The van der Waals surface area contributed by atoms with Gasteiger partial charge in [0.1, 0.15) is 5.76 Å². The lowest BCUT2D eigenvalue weighted by Crippen LogP contribution is -2.01. The predicted octanol–water partition coefficient (Wildman–Crippen LogP) is 5.33. The molecule has 2 aromatic rings. The Kier molecular flexibility index (Phi) is 4.67. The van der Waals surface area contributed by atoms with Crippen molar-refractivity contribution in [1.82, 2.24) is 5.16 Å². The maximum absolute atomic E-state index is 6.41. The molecule has 0 radical (unpaired) electrons. The zero-order valence-corrected chi connectivity index (χ0v) is 14.0. The standard InChI is InChI=1S/C15H16Cl2N2OS/c1-9-6-10(19-20-9)8-21-15-11-4-2-3-5-18-14(11)12(16)7-13(15)17/h6-7,18H,2-5,8H2,1H3. The Balaban J connectivity index is 1.90. The van der Waals surface area contributed by atoms with Crippen LogP contribution in [0.1, 0.15) is 29.9 Å². The fraction of sp³-hybridized carbons (Fsp3) is 0.400. The molecule has 21 heavy (non-hydrogen) atoms. The van der Waals surface area contributed by atoms with Gasteiger partial charge in [0.15, 0.2) is 0 Å². The molecule has 0 spiro atoms. The molecule has 1 aromatic heterocycles. The third-order valence-electron chi connectivity index (χ3n) is 3.48. The van der Waals surface area contributed by atoms with Crippen molar-refractivity contribution in [1.29, 1.82) is 0 Å². The summed E-state index contributed by atoms with van der Waals surface area (Å²) < 4.78 is 5.11. The summed E-state index contributed by atoms with van der Waals surface area (Å²) in [7, 11) is 0. The van der Waals surface area contributed by atoms with Gasteiger partial charge in [-0.05, 0) is 37.8 Å². The van der Waals surface area contributed by atoms with Crippen LogP contribution in [0.4, 0.5) is 5.69 Å². The minimum atomic E-state index is 0.707. The number of aromatic nitrogens is 1. The molecule has 1 aliphatic rings. The number of benzene rings is 1. The smallest absolute Gasteiger partial charge is 0.133 e. The molecular weight excluding hydrogens is 327 g/mol. The van der Waals surface area contributed by atoms with Gasteiger partial charge in [-0.2, -0.15) is 0 Å². The van der Waals surface area contributed by atoms with Crippen molar-refractivity contribution in [3.63, 3.8) is 0 Å². The lowest BCUT2D eigenvalue weighted by Gasteiger charge is -2.16. The average molecular weight is 343 g/mol. The summed E-state index contributed by atoms with van der Waals surface area (Å²) in [6, 6.07) is 3.78. The summed E-state index contributed by atoms with van der Waals surface area (Å²) in [5, 5.41) is 8.88. The number of nitrogens with one attached hydrogen (secondary N) is 1. The topological polar surface area (TPSA) is 38.1 Å². The van der Waals surface area contributed by atoms with E-state index in [2.05, 4.69) is 10.5 Å². The van der Waals surface area contributed by atoms with Gasteiger partial charge in [0, 0.05) is 23.3 Å². The van der Waals surface area contributed by atoms with Crippen LogP contribution in [-0.4, -0.2) is 11.7 Å². The van der Waals surface area contributed by atoms with E-state index in [0.717, 1.165) is 53.6 Å². The summed E-state index contributed by atoms with van der Waals surface area (Å²) in [5.74, 6) is 1.57. The van der Waals surface area contributed by atoms with Crippen LogP contribution < -0.4 is 5.32 Å². The van der Waals surface area contributed by atoms with Crippen LogP contribution in [0.3, 0.4) is 0 Å². The van der Waals surface area contributed by atoms with Crippen LogP contribution in [0.25, 0.3) is 0 Å². The molecule has 3 rings (SSSR count). The van der Waals surface area contributed by atoms with Gasteiger partial charge in [0.25, 0.3) is 0 Å². The first-order valence-corrected chi connectivity index (χ1v) is 8.69. The number of halogens is 2. The SMILES string of the molecule is Cc1cc(CSc2c(Cl)cc(Cl)c3c2CCCCN3)no1. The number of nitrogens with zero attached hydrogens (tertiary/aromatic N) is 1. The number of hydrogen-bond donors (Lipinski definition) is 1. The van der Waals surface area contributed by atoms with Crippen molar-refractivity contribution in [2.75, 3.05) is 11.9 Å².